The van der Waals surface area contributed by atoms with Crippen molar-refractivity contribution >= 4 is 30.0 Å². The molecular formula is C19H17F6NO10S. The average molecular weight is 565 g/mol. The van der Waals surface area contributed by atoms with Crippen LogP contribution < -0.4 is 9.47 Å². The molecular weight excluding hydrogens is 548 g/mol. The van der Waals surface area contributed by atoms with Crippen LogP contribution in [0.1, 0.15) is 11.1 Å². The van der Waals surface area contributed by atoms with E-state index in [4.69, 9.17) is 4.74 Å². The fraction of sp³-hybridized carbons (Fsp3) is 0.474. The summed E-state index contributed by atoms with van der Waals surface area (Å²) in [5.41, 5.74) is -1.55. The summed E-state index contributed by atoms with van der Waals surface area (Å²) in [5, 5.41) is 8.99. The van der Waals surface area contributed by atoms with Gasteiger partial charge in [-0.15, -0.1) is 23.3 Å². The van der Waals surface area contributed by atoms with Crippen LogP contribution in [-0.2, 0) is 23.8 Å². The number of thioether (sulfide) groups is 1. The summed E-state index contributed by atoms with van der Waals surface area (Å²) in [6.07, 6.45) is -13.7. The molecule has 11 nitrogen and oxygen atoms in total. The largest absolute Gasteiger partial charge is 0.573 e. The third-order valence-corrected chi connectivity index (χ3v) is 5.02. The number of hydrogen-bond donors (Lipinski definition) is 0. The van der Waals surface area contributed by atoms with E-state index in [1.807, 2.05) is 0 Å². The molecule has 0 saturated carbocycles. The Morgan fingerprint density at radius 2 is 1.76 bits per heavy atom. The van der Waals surface area contributed by atoms with Crippen LogP contribution in [0.15, 0.2) is 17.7 Å². The van der Waals surface area contributed by atoms with Crippen molar-refractivity contribution in [3.8, 4) is 11.5 Å². The maximum Gasteiger partial charge on any atom is 0.573 e. The Kier molecular flexibility index (Phi) is 10.1. The van der Waals surface area contributed by atoms with E-state index in [1.165, 1.54) is 6.92 Å². The van der Waals surface area contributed by atoms with E-state index in [9.17, 15) is 46.0 Å². The van der Waals surface area contributed by atoms with Crippen molar-refractivity contribution in [3.05, 3.63) is 38.9 Å². The summed E-state index contributed by atoms with van der Waals surface area (Å²) in [6.45, 7) is -0.349. The zero-order valence-corrected chi connectivity index (χ0v) is 19.4. The van der Waals surface area contributed by atoms with Crippen LogP contribution in [0.5, 0.6) is 11.5 Å². The molecule has 0 spiro atoms. The quantitative estimate of drug-likeness (QED) is 0.0955. The zero-order valence-electron chi connectivity index (χ0n) is 18.6. The standard InChI is InChI=1S/C19H17F6NO10S/c1-10-6-12(36-19(23,24)25)7-11-8-13(15(18(20,21)22)35-14(10)11)16(27)32-9-33-17(28)31-2-4-37-5-3-34-26(29)30/h6-8,15H,2-5,9H2,1H3/t15-/m0/s1. The number of halogens is 6. The van der Waals surface area contributed by atoms with Gasteiger partial charge < -0.3 is 28.5 Å². The Hall–Kier alpha value is -3.57. The molecule has 0 N–H and O–H groups in total. The number of benzene rings is 1. The lowest BCUT2D eigenvalue weighted by molar-refractivity contribution is -0.756. The first-order valence-corrected chi connectivity index (χ1v) is 11.0. The van der Waals surface area contributed by atoms with E-state index in [-0.39, 0.29) is 35.8 Å². The lowest BCUT2D eigenvalue weighted by atomic mass is 9.99. The Bertz CT molecular complexity index is 1030. The van der Waals surface area contributed by atoms with Gasteiger partial charge >= 0.3 is 24.7 Å². The second-order valence-corrected chi connectivity index (χ2v) is 8.03. The van der Waals surface area contributed by atoms with Gasteiger partial charge in [0, 0.05) is 17.1 Å². The minimum atomic E-state index is -5.11. The molecule has 1 atom stereocenters. The predicted molar refractivity (Wildman–Crippen MR) is 110 cm³/mol. The highest BCUT2D eigenvalue weighted by molar-refractivity contribution is 7.99. The van der Waals surface area contributed by atoms with Gasteiger partial charge in [-0.2, -0.15) is 24.9 Å². The van der Waals surface area contributed by atoms with Gasteiger partial charge in [-0.05, 0) is 30.7 Å². The number of esters is 1. The summed E-state index contributed by atoms with van der Waals surface area (Å²) < 4.78 is 100. The van der Waals surface area contributed by atoms with E-state index in [0.717, 1.165) is 23.9 Å². The SMILES string of the molecule is Cc1cc(OC(F)(F)F)cc2c1O[C@H](C(F)(F)F)C(C(=O)OCOC(=O)OCCSCCO[N+](=O)[O-])=C2. The van der Waals surface area contributed by atoms with Crippen molar-refractivity contribution in [1.29, 1.82) is 0 Å². The number of carbonyl (C=O) groups excluding carboxylic acids is 2. The lowest BCUT2D eigenvalue weighted by Gasteiger charge is -2.29. The smallest absolute Gasteiger partial charge is 0.475 e. The molecule has 37 heavy (non-hydrogen) atoms. The Morgan fingerprint density at radius 1 is 1.08 bits per heavy atom. The fourth-order valence-electron chi connectivity index (χ4n) is 2.77. The van der Waals surface area contributed by atoms with Gasteiger partial charge in [-0.3, -0.25) is 0 Å². The third-order valence-electron chi connectivity index (χ3n) is 4.11. The summed E-state index contributed by atoms with van der Waals surface area (Å²) in [6, 6.07) is 1.54. The van der Waals surface area contributed by atoms with Crippen LogP contribution in [-0.4, -0.2) is 67.4 Å². The number of fused-ring (bicyclic) bond motifs is 1. The first kappa shape index (κ1) is 29.7. The molecule has 1 aliphatic heterocycles. The van der Waals surface area contributed by atoms with Gasteiger partial charge in [0.1, 0.15) is 24.7 Å². The predicted octanol–water partition coefficient (Wildman–Crippen LogP) is 4.20. The monoisotopic (exact) mass is 565 g/mol. The molecule has 0 saturated heterocycles. The summed E-state index contributed by atoms with van der Waals surface area (Å²) in [4.78, 5) is 37.8. The Labute approximate surface area is 207 Å². The molecule has 1 aliphatic rings. The molecule has 0 fully saturated rings. The minimum Gasteiger partial charge on any atom is -0.475 e. The maximum atomic E-state index is 13.5. The van der Waals surface area contributed by atoms with E-state index >= 15 is 0 Å². The van der Waals surface area contributed by atoms with Crippen molar-refractivity contribution < 1.29 is 69.5 Å². The molecule has 0 aromatic heterocycles. The van der Waals surface area contributed by atoms with Crippen LogP contribution >= 0.6 is 11.8 Å². The molecule has 18 heteroatoms. The van der Waals surface area contributed by atoms with E-state index in [1.54, 1.807) is 0 Å². The molecule has 206 valence electrons. The van der Waals surface area contributed by atoms with Crippen molar-refractivity contribution in [1.82, 2.24) is 0 Å². The fourth-order valence-corrected chi connectivity index (χ4v) is 3.37. The van der Waals surface area contributed by atoms with Crippen LogP contribution in [0.25, 0.3) is 6.08 Å². The highest BCUT2D eigenvalue weighted by Gasteiger charge is 2.49. The number of alkyl halides is 6. The molecule has 0 unspecified atom stereocenters. The van der Waals surface area contributed by atoms with Gasteiger partial charge in [-0.25, -0.2) is 9.59 Å². The van der Waals surface area contributed by atoms with Gasteiger partial charge in [-0.1, -0.05) is 0 Å². The zero-order chi connectivity index (χ0) is 27.8. The summed E-state index contributed by atoms with van der Waals surface area (Å²) in [5.74, 6) is -2.37. The topological polar surface area (TPSA) is 133 Å². The van der Waals surface area contributed by atoms with E-state index in [2.05, 4.69) is 23.8 Å². The molecule has 2 rings (SSSR count). The van der Waals surface area contributed by atoms with Crippen molar-refractivity contribution in [3.63, 3.8) is 0 Å². The number of ether oxygens (including phenoxy) is 5. The summed E-state index contributed by atoms with van der Waals surface area (Å²) in [7, 11) is 0. The number of hydrogen-bond acceptors (Lipinski definition) is 11. The first-order chi connectivity index (χ1) is 17.2. The molecule has 0 amide bonds. The molecule has 0 bridgehead atoms. The van der Waals surface area contributed by atoms with Crippen LogP contribution in [0.3, 0.4) is 0 Å². The van der Waals surface area contributed by atoms with Crippen molar-refractivity contribution in [2.24, 2.45) is 0 Å². The van der Waals surface area contributed by atoms with Gasteiger partial charge in [0.05, 0.1) is 5.57 Å². The van der Waals surface area contributed by atoms with Crippen LogP contribution in [0, 0.1) is 17.0 Å². The highest BCUT2D eigenvalue weighted by atomic mass is 32.2. The maximum absolute atomic E-state index is 13.5. The van der Waals surface area contributed by atoms with Crippen molar-refractivity contribution in [2.45, 2.75) is 25.6 Å². The number of nitrogens with zero attached hydrogens (tertiary/aromatic N) is 1. The van der Waals surface area contributed by atoms with Gasteiger partial charge in [0.15, 0.2) is 0 Å². The first-order valence-electron chi connectivity index (χ1n) is 9.84. The molecule has 0 aliphatic carbocycles. The normalized spacial score (nSPS) is 15.0. The summed E-state index contributed by atoms with van der Waals surface area (Å²) >= 11 is 1.14. The van der Waals surface area contributed by atoms with Gasteiger partial charge in [0.2, 0.25) is 12.9 Å². The van der Waals surface area contributed by atoms with E-state index < -0.39 is 59.7 Å². The van der Waals surface area contributed by atoms with Gasteiger partial charge in [0.25, 0.3) is 5.09 Å². The minimum absolute atomic E-state index is 0.121. The average Bonchev–Trinajstić information content (AvgIpc) is 2.75. The van der Waals surface area contributed by atoms with Crippen molar-refractivity contribution in [2.75, 3.05) is 31.5 Å². The molecule has 1 aromatic rings. The Morgan fingerprint density at radius 3 is 2.38 bits per heavy atom. The number of rotatable bonds is 11. The molecule has 0 radical (unpaired) electrons. The lowest BCUT2D eigenvalue weighted by Crippen LogP contribution is -2.41. The molecule has 1 aromatic carbocycles. The second kappa shape index (κ2) is 12.6. The number of carbonyl (C=O) groups is 2. The van der Waals surface area contributed by atoms with Crippen LogP contribution in [0.4, 0.5) is 31.1 Å². The molecule has 1 heterocycles. The second-order valence-electron chi connectivity index (χ2n) is 6.81. The highest BCUT2D eigenvalue weighted by Crippen LogP contribution is 2.41. The third kappa shape index (κ3) is 9.77. The van der Waals surface area contributed by atoms with Crippen LogP contribution in [0.2, 0.25) is 0 Å². The Balaban J connectivity index is 1.97. The van der Waals surface area contributed by atoms with E-state index in [0.29, 0.717) is 6.08 Å². The number of aryl methyl sites for hydroxylation is 1.